The smallest absolute Gasteiger partial charge is 0.341 e. The molecule has 2 aromatic rings. The fourth-order valence-electron chi connectivity index (χ4n) is 3.18. The molecule has 3 rings (SSSR count). The van der Waals surface area contributed by atoms with E-state index in [-0.39, 0.29) is 5.97 Å². The summed E-state index contributed by atoms with van der Waals surface area (Å²) in [6.45, 7) is 5.10. The highest BCUT2D eigenvalue weighted by atomic mass is 32.1. The van der Waals surface area contributed by atoms with Gasteiger partial charge in [-0.3, -0.25) is 0 Å². The van der Waals surface area contributed by atoms with Gasteiger partial charge < -0.3 is 15.4 Å². The molecule has 0 fully saturated rings. The van der Waals surface area contributed by atoms with Gasteiger partial charge in [0.2, 0.25) is 0 Å². The van der Waals surface area contributed by atoms with E-state index in [4.69, 9.17) is 17.0 Å². The summed E-state index contributed by atoms with van der Waals surface area (Å²) in [6.07, 6.45) is 3.04. The third kappa shape index (κ3) is 4.43. The van der Waals surface area contributed by atoms with E-state index >= 15 is 0 Å². The van der Waals surface area contributed by atoms with Crippen molar-refractivity contribution < 1.29 is 9.53 Å². The van der Waals surface area contributed by atoms with Gasteiger partial charge in [-0.2, -0.15) is 0 Å². The zero-order valence-electron chi connectivity index (χ0n) is 15.1. The molecule has 1 aromatic heterocycles. The highest BCUT2D eigenvalue weighted by Gasteiger charge is 2.28. The number of hydrogen-bond donors (Lipinski definition) is 2. The first-order valence-corrected chi connectivity index (χ1v) is 10.2. The molecule has 1 aliphatic carbocycles. The van der Waals surface area contributed by atoms with E-state index in [0.29, 0.717) is 29.7 Å². The van der Waals surface area contributed by atoms with E-state index in [2.05, 4.69) is 17.6 Å². The molecule has 26 heavy (non-hydrogen) atoms. The maximum Gasteiger partial charge on any atom is 0.341 e. The highest BCUT2D eigenvalue weighted by molar-refractivity contribution is 7.80. The van der Waals surface area contributed by atoms with Gasteiger partial charge in [-0.1, -0.05) is 37.3 Å². The lowest BCUT2D eigenvalue weighted by Crippen LogP contribution is -2.28. The Labute approximate surface area is 164 Å². The minimum atomic E-state index is -0.257. The molecular weight excluding hydrogens is 364 g/mol. The predicted octanol–water partition coefficient (Wildman–Crippen LogP) is 4.54. The van der Waals surface area contributed by atoms with Crippen molar-refractivity contribution in [1.82, 2.24) is 5.32 Å². The Bertz CT molecular complexity index is 787. The number of benzene rings is 1. The van der Waals surface area contributed by atoms with Gasteiger partial charge in [0.1, 0.15) is 5.00 Å². The zero-order chi connectivity index (χ0) is 18.5. The second-order valence-corrected chi connectivity index (χ2v) is 8.08. The van der Waals surface area contributed by atoms with Crippen LogP contribution in [0.3, 0.4) is 0 Å². The Morgan fingerprint density at radius 2 is 2.12 bits per heavy atom. The molecule has 0 saturated carbocycles. The van der Waals surface area contributed by atoms with Crippen molar-refractivity contribution >= 4 is 39.6 Å². The second-order valence-electron chi connectivity index (χ2n) is 6.57. The van der Waals surface area contributed by atoms with E-state index in [1.807, 2.05) is 37.3 Å². The van der Waals surface area contributed by atoms with Gasteiger partial charge >= 0.3 is 5.97 Å². The molecule has 0 radical (unpaired) electrons. The topological polar surface area (TPSA) is 50.4 Å². The second kappa shape index (κ2) is 8.64. The minimum absolute atomic E-state index is 0.257. The van der Waals surface area contributed by atoms with E-state index in [1.165, 1.54) is 4.88 Å². The Hall–Kier alpha value is -1.92. The minimum Gasteiger partial charge on any atom is -0.462 e. The van der Waals surface area contributed by atoms with Crippen molar-refractivity contribution in [1.29, 1.82) is 0 Å². The summed E-state index contributed by atoms with van der Waals surface area (Å²) in [5, 5.41) is 7.76. The first kappa shape index (κ1) is 18.9. The molecule has 1 atom stereocenters. The molecule has 0 bridgehead atoms. The monoisotopic (exact) mass is 388 g/mol. The van der Waals surface area contributed by atoms with Crippen LogP contribution in [0.1, 0.15) is 46.6 Å². The summed E-state index contributed by atoms with van der Waals surface area (Å²) in [4.78, 5) is 13.8. The molecule has 1 heterocycles. The van der Waals surface area contributed by atoms with Gasteiger partial charge in [-0.15, -0.1) is 11.3 Å². The van der Waals surface area contributed by atoms with E-state index < -0.39 is 0 Å². The first-order chi connectivity index (χ1) is 12.6. The van der Waals surface area contributed by atoms with Crippen LogP contribution < -0.4 is 10.6 Å². The number of nitrogens with one attached hydrogen (secondary N) is 2. The quantitative estimate of drug-likeness (QED) is 0.582. The molecule has 1 aliphatic rings. The van der Waals surface area contributed by atoms with Crippen LogP contribution in [0.15, 0.2) is 30.3 Å². The Balaban J connectivity index is 1.75. The molecule has 6 heteroatoms. The molecule has 4 nitrogen and oxygen atoms in total. The molecule has 0 amide bonds. The predicted molar refractivity (Wildman–Crippen MR) is 111 cm³/mol. The van der Waals surface area contributed by atoms with Gasteiger partial charge in [-0.25, -0.2) is 4.79 Å². The molecule has 0 unspecified atom stereocenters. The average Bonchev–Trinajstić information content (AvgIpc) is 2.98. The number of anilines is 1. The number of fused-ring (bicyclic) bond motifs is 1. The van der Waals surface area contributed by atoms with Crippen molar-refractivity contribution in [3.8, 4) is 0 Å². The van der Waals surface area contributed by atoms with Crippen LogP contribution in [0.25, 0.3) is 0 Å². The highest BCUT2D eigenvalue weighted by Crippen LogP contribution is 2.40. The lowest BCUT2D eigenvalue weighted by atomic mass is 9.88. The van der Waals surface area contributed by atoms with Gasteiger partial charge in [0.15, 0.2) is 5.11 Å². The molecule has 0 spiro atoms. The van der Waals surface area contributed by atoms with Crippen LogP contribution in [0.5, 0.6) is 0 Å². The maximum atomic E-state index is 12.5. The number of rotatable bonds is 5. The number of hydrogen-bond acceptors (Lipinski definition) is 4. The van der Waals surface area contributed by atoms with Crippen LogP contribution >= 0.6 is 23.6 Å². The summed E-state index contributed by atoms with van der Waals surface area (Å²) in [6, 6.07) is 10.1. The summed E-state index contributed by atoms with van der Waals surface area (Å²) < 4.78 is 5.29. The fourth-order valence-corrected chi connectivity index (χ4v) is 4.83. The average molecular weight is 389 g/mol. The van der Waals surface area contributed by atoms with Crippen LogP contribution in [0.2, 0.25) is 0 Å². The zero-order valence-corrected chi connectivity index (χ0v) is 16.8. The van der Waals surface area contributed by atoms with Gasteiger partial charge in [0, 0.05) is 11.4 Å². The standard InChI is InChI=1S/C20H24N2O2S2/c1-3-24-19(23)17-15-10-9-13(2)11-16(15)26-18(17)22-20(25)21-12-14-7-5-4-6-8-14/h4-8,13H,3,9-12H2,1-2H3,(H2,21,22,25)/t13-/m1/s1. The van der Waals surface area contributed by atoms with Crippen LogP contribution in [0.4, 0.5) is 5.00 Å². The van der Waals surface area contributed by atoms with Gasteiger partial charge in [0.25, 0.3) is 0 Å². The summed E-state index contributed by atoms with van der Waals surface area (Å²) >= 11 is 7.07. The number of carbonyl (C=O) groups excluding carboxylic acids is 1. The Morgan fingerprint density at radius 1 is 1.35 bits per heavy atom. The number of carbonyl (C=O) groups is 1. The summed E-state index contributed by atoms with van der Waals surface area (Å²) in [5.41, 5.74) is 2.96. The van der Waals surface area contributed by atoms with E-state index in [1.54, 1.807) is 11.3 Å². The molecule has 2 N–H and O–H groups in total. The van der Waals surface area contributed by atoms with Crippen molar-refractivity contribution in [3.05, 3.63) is 51.9 Å². The normalized spacial score (nSPS) is 15.8. The van der Waals surface area contributed by atoms with E-state index in [0.717, 1.165) is 35.4 Å². The SMILES string of the molecule is CCOC(=O)c1c(NC(=S)NCc2ccccc2)sc2c1CC[C@@H](C)C2. The van der Waals surface area contributed by atoms with Gasteiger partial charge in [-0.05, 0) is 55.4 Å². The number of thiophene rings is 1. The van der Waals surface area contributed by atoms with Crippen molar-refractivity contribution in [2.45, 2.75) is 39.7 Å². The van der Waals surface area contributed by atoms with Crippen LogP contribution in [-0.2, 0) is 24.1 Å². The number of ether oxygens (including phenoxy) is 1. The number of thiocarbonyl (C=S) groups is 1. The molecule has 0 aliphatic heterocycles. The van der Waals surface area contributed by atoms with Crippen molar-refractivity contribution in [2.24, 2.45) is 5.92 Å². The van der Waals surface area contributed by atoms with Crippen LogP contribution in [0, 0.1) is 5.92 Å². The fraction of sp³-hybridized carbons (Fsp3) is 0.400. The van der Waals surface area contributed by atoms with Crippen molar-refractivity contribution in [2.75, 3.05) is 11.9 Å². The Kier molecular flexibility index (Phi) is 6.27. The molecule has 0 saturated heterocycles. The third-order valence-electron chi connectivity index (χ3n) is 4.51. The largest absolute Gasteiger partial charge is 0.462 e. The van der Waals surface area contributed by atoms with Crippen molar-refractivity contribution in [3.63, 3.8) is 0 Å². The lowest BCUT2D eigenvalue weighted by Gasteiger charge is -2.18. The third-order valence-corrected chi connectivity index (χ3v) is 5.93. The van der Waals surface area contributed by atoms with Crippen LogP contribution in [-0.4, -0.2) is 17.7 Å². The van der Waals surface area contributed by atoms with Gasteiger partial charge in [0.05, 0.1) is 12.2 Å². The summed E-state index contributed by atoms with van der Waals surface area (Å²) in [7, 11) is 0. The Morgan fingerprint density at radius 3 is 2.85 bits per heavy atom. The van der Waals surface area contributed by atoms with E-state index in [9.17, 15) is 4.79 Å². The maximum absolute atomic E-state index is 12.5. The lowest BCUT2D eigenvalue weighted by molar-refractivity contribution is 0.0526. The molecule has 1 aromatic carbocycles. The molecule has 138 valence electrons. The number of esters is 1. The first-order valence-electron chi connectivity index (χ1n) is 8.99. The molecular formula is C20H24N2O2S2. The summed E-state index contributed by atoms with van der Waals surface area (Å²) in [5.74, 6) is 0.389.